The molecule has 2 aromatic rings. The summed E-state index contributed by atoms with van der Waals surface area (Å²) in [5, 5.41) is 0. The van der Waals surface area contributed by atoms with Crippen molar-refractivity contribution in [2.45, 2.75) is 19.8 Å². The average Bonchev–Trinajstić information content (AvgIpc) is 2.41. The quantitative estimate of drug-likeness (QED) is 0.736. The molecule has 0 aromatic heterocycles. The van der Waals surface area contributed by atoms with Gasteiger partial charge in [-0.2, -0.15) is 0 Å². The van der Waals surface area contributed by atoms with Crippen LogP contribution in [0.15, 0.2) is 60.7 Å². The summed E-state index contributed by atoms with van der Waals surface area (Å²) in [7, 11) is 0. The van der Waals surface area contributed by atoms with Gasteiger partial charge in [-0.15, -0.1) is 0 Å². The third kappa shape index (κ3) is 4.00. The smallest absolute Gasteiger partial charge is 0.368 e. The highest BCUT2D eigenvalue weighted by atomic mass is 16.9. The molecule has 2 aromatic carbocycles. The minimum absolute atomic E-state index is 0.496. The van der Waals surface area contributed by atoms with E-state index >= 15 is 0 Å². The van der Waals surface area contributed by atoms with Gasteiger partial charge in [0.1, 0.15) is 11.5 Å². The second-order valence-electron chi connectivity index (χ2n) is 4.13. The number of hydrogen-bond acceptors (Lipinski definition) is 3. The van der Waals surface area contributed by atoms with Gasteiger partial charge >= 0.3 is 5.97 Å². The Bertz CT molecular complexity index is 440. The fraction of sp³-hybridized carbons (Fsp3) is 0.250. The molecule has 0 N–H and O–H groups in total. The van der Waals surface area contributed by atoms with E-state index in [-0.39, 0.29) is 0 Å². The Balaban J connectivity index is 2.13. The minimum atomic E-state index is -1.14. The van der Waals surface area contributed by atoms with Crippen molar-refractivity contribution >= 4 is 0 Å². The topological polar surface area (TPSA) is 27.7 Å². The van der Waals surface area contributed by atoms with Gasteiger partial charge in [0.15, 0.2) is 0 Å². The lowest BCUT2D eigenvalue weighted by molar-refractivity contribution is -0.287. The van der Waals surface area contributed by atoms with Crippen molar-refractivity contribution in [2.75, 3.05) is 6.61 Å². The van der Waals surface area contributed by atoms with Gasteiger partial charge in [0, 0.05) is 6.92 Å². The van der Waals surface area contributed by atoms with Crippen molar-refractivity contribution in [3.8, 4) is 11.5 Å². The highest BCUT2D eigenvalue weighted by Crippen LogP contribution is 2.23. The molecule has 0 radical (unpaired) electrons. The van der Waals surface area contributed by atoms with E-state index in [1.807, 2.05) is 67.6 Å². The van der Waals surface area contributed by atoms with Crippen LogP contribution in [0.1, 0.15) is 13.8 Å². The van der Waals surface area contributed by atoms with Crippen LogP contribution in [0.25, 0.3) is 0 Å². The molecule has 3 nitrogen and oxygen atoms in total. The van der Waals surface area contributed by atoms with Gasteiger partial charge in [-0.25, -0.2) is 0 Å². The molecule has 0 saturated heterocycles. The zero-order chi connectivity index (χ0) is 13.6. The molecule has 0 heterocycles. The van der Waals surface area contributed by atoms with Gasteiger partial charge in [0.05, 0.1) is 6.61 Å². The maximum absolute atomic E-state index is 5.80. The predicted molar refractivity (Wildman–Crippen MR) is 74.2 cm³/mol. The van der Waals surface area contributed by atoms with E-state index in [0.717, 1.165) is 0 Å². The molecule has 19 heavy (non-hydrogen) atoms. The van der Waals surface area contributed by atoms with Crippen LogP contribution >= 0.6 is 0 Å². The van der Waals surface area contributed by atoms with Crippen LogP contribution in [-0.2, 0) is 4.74 Å². The van der Waals surface area contributed by atoms with E-state index in [9.17, 15) is 0 Å². The lowest BCUT2D eigenvalue weighted by Gasteiger charge is -2.30. The van der Waals surface area contributed by atoms with E-state index in [4.69, 9.17) is 14.2 Å². The number of hydrogen-bond donors (Lipinski definition) is 0. The number of ether oxygens (including phenoxy) is 3. The Morgan fingerprint density at radius 1 is 0.789 bits per heavy atom. The molecule has 0 saturated carbocycles. The SMILES string of the molecule is CCOC(C)(Oc1ccccc1)Oc1ccccc1. The summed E-state index contributed by atoms with van der Waals surface area (Å²) in [5.41, 5.74) is 0. The molecule has 0 amide bonds. The monoisotopic (exact) mass is 258 g/mol. The summed E-state index contributed by atoms with van der Waals surface area (Å²) in [4.78, 5) is 0. The fourth-order valence-corrected chi connectivity index (χ4v) is 1.75. The molecular weight excluding hydrogens is 240 g/mol. The Hall–Kier alpha value is -2.00. The first-order valence-electron chi connectivity index (χ1n) is 6.34. The third-order valence-corrected chi connectivity index (χ3v) is 2.50. The van der Waals surface area contributed by atoms with Crippen LogP contribution in [-0.4, -0.2) is 12.6 Å². The minimum Gasteiger partial charge on any atom is -0.430 e. The van der Waals surface area contributed by atoms with Gasteiger partial charge in [-0.1, -0.05) is 36.4 Å². The zero-order valence-electron chi connectivity index (χ0n) is 11.2. The highest BCUT2D eigenvalue weighted by molar-refractivity contribution is 5.23. The van der Waals surface area contributed by atoms with Crippen molar-refractivity contribution < 1.29 is 14.2 Å². The molecule has 0 bridgehead atoms. The lowest BCUT2D eigenvalue weighted by atomic mass is 10.3. The van der Waals surface area contributed by atoms with Gasteiger partial charge < -0.3 is 14.2 Å². The number of para-hydroxylation sites is 2. The molecule has 100 valence electrons. The molecule has 0 aliphatic rings. The van der Waals surface area contributed by atoms with Crippen molar-refractivity contribution in [3.63, 3.8) is 0 Å². The molecule has 0 atom stereocenters. The molecular formula is C16H18O3. The van der Waals surface area contributed by atoms with Gasteiger partial charge in [0.25, 0.3) is 0 Å². The van der Waals surface area contributed by atoms with E-state index < -0.39 is 5.97 Å². The first-order chi connectivity index (χ1) is 9.22. The van der Waals surface area contributed by atoms with E-state index in [0.29, 0.717) is 18.1 Å². The summed E-state index contributed by atoms with van der Waals surface area (Å²) in [6, 6.07) is 19.0. The van der Waals surface area contributed by atoms with Gasteiger partial charge in [0.2, 0.25) is 0 Å². The summed E-state index contributed by atoms with van der Waals surface area (Å²) < 4.78 is 17.2. The second kappa shape index (κ2) is 6.25. The van der Waals surface area contributed by atoms with E-state index in [1.165, 1.54) is 0 Å². The van der Waals surface area contributed by atoms with Crippen molar-refractivity contribution in [2.24, 2.45) is 0 Å². The van der Waals surface area contributed by atoms with Crippen molar-refractivity contribution in [1.29, 1.82) is 0 Å². The maximum Gasteiger partial charge on any atom is 0.368 e. The number of rotatable bonds is 6. The van der Waals surface area contributed by atoms with Crippen LogP contribution in [0.3, 0.4) is 0 Å². The average molecular weight is 258 g/mol. The Morgan fingerprint density at radius 2 is 1.21 bits per heavy atom. The van der Waals surface area contributed by atoms with Crippen molar-refractivity contribution in [3.05, 3.63) is 60.7 Å². The van der Waals surface area contributed by atoms with Gasteiger partial charge in [-0.3, -0.25) is 0 Å². The molecule has 0 aliphatic heterocycles. The normalized spacial score (nSPS) is 11.1. The van der Waals surface area contributed by atoms with Crippen LogP contribution < -0.4 is 9.47 Å². The number of benzene rings is 2. The highest BCUT2D eigenvalue weighted by Gasteiger charge is 2.29. The summed E-state index contributed by atoms with van der Waals surface area (Å²) in [5.74, 6) is 0.265. The second-order valence-corrected chi connectivity index (χ2v) is 4.13. The maximum atomic E-state index is 5.80. The largest absolute Gasteiger partial charge is 0.430 e. The third-order valence-electron chi connectivity index (χ3n) is 2.50. The van der Waals surface area contributed by atoms with Crippen LogP contribution in [0.4, 0.5) is 0 Å². The standard InChI is InChI=1S/C16H18O3/c1-3-17-16(2,18-14-10-6-4-7-11-14)19-15-12-8-5-9-13-15/h4-13H,3H2,1-2H3. The molecule has 2 rings (SSSR count). The molecule has 3 heteroatoms. The van der Waals surface area contributed by atoms with E-state index in [2.05, 4.69) is 0 Å². The van der Waals surface area contributed by atoms with Crippen LogP contribution in [0, 0.1) is 0 Å². The first kappa shape index (κ1) is 13.4. The Kier molecular flexibility index (Phi) is 4.42. The van der Waals surface area contributed by atoms with E-state index in [1.54, 1.807) is 6.92 Å². The Morgan fingerprint density at radius 3 is 1.58 bits per heavy atom. The Labute approximate surface area is 113 Å². The molecule has 0 unspecified atom stereocenters. The van der Waals surface area contributed by atoms with Crippen LogP contribution in [0.5, 0.6) is 11.5 Å². The van der Waals surface area contributed by atoms with Gasteiger partial charge in [-0.05, 0) is 31.2 Å². The summed E-state index contributed by atoms with van der Waals surface area (Å²) in [6.07, 6.45) is 0. The molecule has 0 spiro atoms. The van der Waals surface area contributed by atoms with Crippen molar-refractivity contribution in [1.82, 2.24) is 0 Å². The summed E-state index contributed by atoms with van der Waals surface area (Å²) >= 11 is 0. The predicted octanol–water partition coefficient (Wildman–Crippen LogP) is 3.85. The zero-order valence-corrected chi connectivity index (χ0v) is 11.2. The summed E-state index contributed by atoms with van der Waals surface area (Å²) in [6.45, 7) is 4.16. The fourth-order valence-electron chi connectivity index (χ4n) is 1.75. The molecule has 0 fully saturated rings. The van der Waals surface area contributed by atoms with Crippen LogP contribution in [0.2, 0.25) is 0 Å². The lowest BCUT2D eigenvalue weighted by Crippen LogP contribution is -2.42. The first-order valence-corrected chi connectivity index (χ1v) is 6.34. The molecule has 0 aliphatic carbocycles.